The van der Waals surface area contributed by atoms with Gasteiger partial charge in [-0.3, -0.25) is 9.69 Å². The maximum absolute atomic E-state index is 12.5. The van der Waals surface area contributed by atoms with E-state index in [4.69, 9.17) is 0 Å². The summed E-state index contributed by atoms with van der Waals surface area (Å²) in [5.41, 5.74) is 0. The number of hydrogen-bond donors (Lipinski definition) is 2. The van der Waals surface area contributed by atoms with Gasteiger partial charge in [0, 0.05) is 32.2 Å². The van der Waals surface area contributed by atoms with Crippen LogP contribution in [0.5, 0.6) is 0 Å². The molecule has 2 N–H and O–H groups in total. The number of likely N-dealkylation sites (N-methyl/N-ethyl adjacent to an activating group) is 1. The van der Waals surface area contributed by atoms with Crippen LogP contribution in [0.3, 0.4) is 0 Å². The van der Waals surface area contributed by atoms with Crippen LogP contribution in [-0.4, -0.2) is 89.6 Å². The smallest absolute Gasteiger partial charge is 0.328 e. The lowest BCUT2D eigenvalue weighted by atomic mass is 10.1. The van der Waals surface area contributed by atoms with Gasteiger partial charge in [-0.25, -0.2) is 9.59 Å². The fourth-order valence-corrected chi connectivity index (χ4v) is 2.65. The zero-order chi connectivity index (χ0) is 14.9. The topological polar surface area (TPSA) is 93.2 Å². The molecule has 0 aliphatic carbocycles. The van der Waals surface area contributed by atoms with Crippen LogP contribution in [0, 0.1) is 0 Å². The molecule has 2 atom stereocenters. The summed E-state index contributed by atoms with van der Waals surface area (Å²) in [7, 11) is 1.98. The van der Waals surface area contributed by atoms with Gasteiger partial charge in [0.25, 0.3) is 0 Å². The molecule has 0 spiro atoms. The molecule has 20 heavy (non-hydrogen) atoms. The van der Waals surface area contributed by atoms with E-state index in [1.54, 1.807) is 4.90 Å². The van der Waals surface area contributed by atoms with Crippen molar-refractivity contribution >= 4 is 17.9 Å². The van der Waals surface area contributed by atoms with Gasteiger partial charge >= 0.3 is 12.0 Å². The molecule has 0 saturated carbocycles. The van der Waals surface area contributed by atoms with Crippen molar-refractivity contribution in [2.45, 2.75) is 19.0 Å². The van der Waals surface area contributed by atoms with E-state index in [1.165, 1.54) is 0 Å². The number of nitrogens with zero attached hydrogens (tertiary/aromatic N) is 3. The fraction of sp³-hybridized carbons (Fsp3) is 0.750. The molecule has 2 saturated heterocycles. The highest BCUT2D eigenvalue weighted by Crippen LogP contribution is 2.14. The summed E-state index contributed by atoms with van der Waals surface area (Å²) in [6, 6.07) is -1.36. The number of carboxylic acids is 1. The average molecular weight is 284 g/mol. The molecule has 3 amide bonds. The summed E-state index contributed by atoms with van der Waals surface area (Å²) in [5, 5.41) is 11.7. The van der Waals surface area contributed by atoms with Gasteiger partial charge in [0.1, 0.15) is 12.6 Å². The van der Waals surface area contributed by atoms with Crippen LogP contribution in [0.25, 0.3) is 0 Å². The maximum atomic E-state index is 12.5. The van der Waals surface area contributed by atoms with Crippen LogP contribution >= 0.6 is 0 Å². The molecule has 0 aromatic carbocycles. The van der Waals surface area contributed by atoms with E-state index in [0.717, 1.165) is 18.0 Å². The van der Waals surface area contributed by atoms with E-state index in [1.807, 2.05) is 14.0 Å². The van der Waals surface area contributed by atoms with Gasteiger partial charge in [-0.15, -0.1) is 0 Å². The Morgan fingerprint density at radius 3 is 2.60 bits per heavy atom. The van der Waals surface area contributed by atoms with Gasteiger partial charge in [-0.2, -0.15) is 0 Å². The zero-order valence-corrected chi connectivity index (χ0v) is 11.7. The molecule has 2 heterocycles. The van der Waals surface area contributed by atoms with Crippen LogP contribution in [0.15, 0.2) is 0 Å². The first-order valence-corrected chi connectivity index (χ1v) is 6.65. The Morgan fingerprint density at radius 2 is 2.00 bits per heavy atom. The second-order valence-electron chi connectivity index (χ2n) is 5.37. The van der Waals surface area contributed by atoms with Crippen LogP contribution in [0.1, 0.15) is 6.92 Å². The minimum Gasteiger partial charge on any atom is -0.480 e. The highest BCUT2D eigenvalue weighted by molar-refractivity contribution is 5.90. The number of piperazine rings is 2. The van der Waals surface area contributed by atoms with Crippen molar-refractivity contribution in [2.75, 3.05) is 39.8 Å². The van der Waals surface area contributed by atoms with Crippen molar-refractivity contribution < 1.29 is 19.5 Å². The summed E-state index contributed by atoms with van der Waals surface area (Å²) in [6.45, 7) is 3.71. The van der Waals surface area contributed by atoms with E-state index in [2.05, 4.69) is 10.2 Å². The van der Waals surface area contributed by atoms with Crippen LogP contribution in [0.4, 0.5) is 4.79 Å². The molecule has 2 aliphatic rings. The lowest BCUT2D eigenvalue weighted by Gasteiger charge is -2.42. The molecule has 2 unspecified atom stereocenters. The second-order valence-corrected chi connectivity index (χ2v) is 5.37. The first-order chi connectivity index (χ1) is 9.40. The molecule has 0 bridgehead atoms. The predicted octanol–water partition coefficient (Wildman–Crippen LogP) is -1.37. The number of carbonyl (C=O) groups is 3. The third kappa shape index (κ3) is 2.84. The molecule has 0 aromatic heterocycles. The Kier molecular flexibility index (Phi) is 4.12. The molecular formula is C12H20N4O4. The molecule has 2 fully saturated rings. The first kappa shape index (κ1) is 14.6. The number of rotatable bonds is 1. The van der Waals surface area contributed by atoms with Crippen molar-refractivity contribution in [1.29, 1.82) is 0 Å². The van der Waals surface area contributed by atoms with Gasteiger partial charge < -0.3 is 20.2 Å². The van der Waals surface area contributed by atoms with Gasteiger partial charge in [-0.05, 0) is 14.0 Å². The lowest BCUT2D eigenvalue weighted by molar-refractivity contribution is -0.144. The Balaban J connectivity index is 2.12. The third-order valence-electron chi connectivity index (χ3n) is 3.79. The number of aliphatic carboxylic acids is 1. The number of urea groups is 1. The van der Waals surface area contributed by atoms with Gasteiger partial charge in [0.05, 0.1) is 0 Å². The minimum absolute atomic E-state index is 0.000632. The summed E-state index contributed by atoms with van der Waals surface area (Å²) in [5.74, 6) is -1.42. The number of amides is 3. The Labute approximate surface area is 117 Å². The Morgan fingerprint density at radius 1 is 1.30 bits per heavy atom. The molecule has 0 aromatic rings. The lowest BCUT2D eigenvalue weighted by Crippen LogP contribution is -2.64. The summed E-state index contributed by atoms with van der Waals surface area (Å²) in [6.07, 6.45) is 0. The third-order valence-corrected chi connectivity index (χ3v) is 3.79. The van der Waals surface area contributed by atoms with E-state index >= 15 is 0 Å². The highest BCUT2D eigenvalue weighted by atomic mass is 16.4. The van der Waals surface area contributed by atoms with Gasteiger partial charge in [0.15, 0.2) is 0 Å². The second kappa shape index (κ2) is 5.66. The monoisotopic (exact) mass is 284 g/mol. The maximum Gasteiger partial charge on any atom is 0.328 e. The fourth-order valence-electron chi connectivity index (χ4n) is 2.65. The van der Waals surface area contributed by atoms with Crippen molar-refractivity contribution in [3.63, 3.8) is 0 Å². The Bertz CT molecular complexity index is 428. The van der Waals surface area contributed by atoms with Gasteiger partial charge in [-0.1, -0.05) is 0 Å². The highest BCUT2D eigenvalue weighted by Gasteiger charge is 2.39. The zero-order valence-electron chi connectivity index (χ0n) is 11.7. The van der Waals surface area contributed by atoms with Crippen molar-refractivity contribution in [1.82, 2.24) is 20.0 Å². The first-order valence-electron chi connectivity index (χ1n) is 6.65. The standard InChI is InChI=1S/C12H20N4O4/c1-8-6-14(2)3-4-15(8)12(20)16-7-10(17)13-5-9(16)11(18)19/h8-9H,3-7H2,1-2H3,(H,13,17)(H,18,19). The van der Waals surface area contributed by atoms with Crippen molar-refractivity contribution in [2.24, 2.45) is 0 Å². The molecule has 2 rings (SSSR count). The van der Waals surface area contributed by atoms with E-state index in [0.29, 0.717) is 6.54 Å². The molecular weight excluding hydrogens is 264 g/mol. The van der Waals surface area contributed by atoms with Crippen LogP contribution in [0.2, 0.25) is 0 Å². The molecule has 112 valence electrons. The van der Waals surface area contributed by atoms with E-state index in [9.17, 15) is 19.5 Å². The normalized spacial score (nSPS) is 28.2. The number of hydrogen-bond acceptors (Lipinski definition) is 4. The van der Waals surface area contributed by atoms with Crippen LogP contribution < -0.4 is 5.32 Å². The van der Waals surface area contributed by atoms with Crippen molar-refractivity contribution in [3.05, 3.63) is 0 Å². The largest absolute Gasteiger partial charge is 0.480 e. The minimum atomic E-state index is -1.10. The van der Waals surface area contributed by atoms with E-state index < -0.39 is 12.0 Å². The predicted molar refractivity (Wildman–Crippen MR) is 70.2 cm³/mol. The van der Waals surface area contributed by atoms with Crippen LogP contribution in [-0.2, 0) is 9.59 Å². The number of nitrogens with one attached hydrogen (secondary N) is 1. The summed E-state index contributed by atoms with van der Waals surface area (Å²) in [4.78, 5) is 40.1. The summed E-state index contributed by atoms with van der Waals surface area (Å²) < 4.78 is 0. The Hall–Kier alpha value is -1.83. The van der Waals surface area contributed by atoms with E-state index in [-0.39, 0.29) is 31.1 Å². The van der Waals surface area contributed by atoms with Gasteiger partial charge in [0.2, 0.25) is 5.91 Å². The molecule has 8 heteroatoms. The molecule has 2 aliphatic heterocycles. The average Bonchev–Trinajstić information content (AvgIpc) is 2.37. The molecule has 0 radical (unpaired) electrons. The number of carboxylic acid groups (broad SMARTS) is 1. The molecule has 8 nitrogen and oxygen atoms in total. The SMILES string of the molecule is CC1CN(C)CCN1C(=O)N1CC(=O)NCC1C(=O)O. The number of carbonyl (C=O) groups excluding carboxylic acids is 2. The quantitative estimate of drug-likeness (QED) is 0.619. The van der Waals surface area contributed by atoms with Crippen molar-refractivity contribution in [3.8, 4) is 0 Å². The summed E-state index contributed by atoms with van der Waals surface area (Å²) >= 11 is 0.